The standard InChI is InChI=1S/C13H15NO4/c15-7-11(13(17)18)14-12(16)10-5-4-8-2-1-3-9(8)6-10/h4-6,11,15H,1-3,7H2,(H,14,16)(H,17,18)/t11-/m1/s1. The van der Waals surface area contributed by atoms with Gasteiger partial charge in [0.05, 0.1) is 6.61 Å². The van der Waals surface area contributed by atoms with Crippen molar-refractivity contribution < 1.29 is 19.8 Å². The average Bonchev–Trinajstić information content (AvgIpc) is 2.82. The van der Waals surface area contributed by atoms with Crippen molar-refractivity contribution in [2.45, 2.75) is 25.3 Å². The third-order valence-corrected chi connectivity index (χ3v) is 3.15. The van der Waals surface area contributed by atoms with Gasteiger partial charge in [0.1, 0.15) is 0 Å². The number of nitrogens with one attached hydrogen (secondary N) is 1. The van der Waals surface area contributed by atoms with E-state index < -0.39 is 24.5 Å². The molecule has 0 saturated heterocycles. The summed E-state index contributed by atoms with van der Waals surface area (Å²) in [5, 5.41) is 19.9. The molecule has 1 aromatic carbocycles. The van der Waals surface area contributed by atoms with Gasteiger partial charge in [0.25, 0.3) is 5.91 Å². The van der Waals surface area contributed by atoms with E-state index in [4.69, 9.17) is 10.2 Å². The molecule has 5 heteroatoms. The molecule has 0 spiro atoms. The first-order valence-electron chi connectivity index (χ1n) is 5.88. The van der Waals surface area contributed by atoms with Gasteiger partial charge in [0.15, 0.2) is 6.04 Å². The molecule has 0 heterocycles. The second-order valence-corrected chi connectivity index (χ2v) is 4.38. The Morgan fingerprint density at radius 1 is 1.28 bits per heavy atom. The largest absolute Gasteiger partial charge is 0.480 e. The van der Waals surface area contributed by atoms with E-state index in [1.807, 2.05) is 6.07 Å². The molecule has 0 aliphatic heterocycles. The fraction of sp³-hybridized carbons (Fsp3) is 0.385. The van der Waals surface area contributed by atoms with E-state index in [9.17, 15) is 9.59 Å². The zero-order chi connectivity index (χ0) is 13.1. The van der Waals surface area contributed by atoms with Crippen LogP contribution in [-0.4, -0.2) is 34.7 Å². The first kappa shape index (κ1) is 12.6. The number of fused-ring (bicyclic) bond motifs is 1. The van der Waals surface area contributed by atoms with Gasteiger partial charge in [-0.3, -0.25) is 4.79 Å². The van der Waals surface area contributed by atoms with Crippen LogP contribution in [0.3, 0.4) is 0 Å². The van der Waals surface area contributed by atoms with Crippen LogP contribution in [0.1, 0.15) is 27.9 Å². The Balaban J connectivity index is 2.12. The summed E-state index contributed by atoms with van der Waals surface area (Å²) < 4.78 is 0. The number of aryl methyl sites for hydroxylation is 2. The highest BCUT2D eigenvalue weighted by Crippen LogP contribution is 2.22. The molecule has 0 radical (unpaired) electrons. The molecular formula is C13H15NO4. The number of hydrogen-bond donors (Lipinski definition) is 3. The first-order chi connectivity index (χ1) is 8.61. The van der Waals surface area contributed by atoms with E-state index in [1.165, 1.54) is 5.56 Å². The molecule has 0 fully saturated rings. The SMILES string of the molecule is O=C(N[C@H](CO)C(=O)O)c1ccc2c(c1)CCC2. The Hall–Kier alpha value is -1.88. The number of benzene rings is 1. The van der Waals surface area contributed by atoms with Crippen LogP contribution in [0.2, 0.25) is 0 Å². The summed E-state index contributed by atoms with van der Waals surface area (Å²) in [4.78, 5) is 22.5. The number of amides is 1. The molecule has 0 unspecified atom stereocenters. The van der Waals surface area contributed by atoms with Crippen LogP contribution in [0.25, 0.3) is 0 Å². The maximum Gasteiger partial charge on any atom is 0.328 e. The van der Waals surface area contributed by atoms with Crippen LogP contribution in [0.4, 0.5) is 0 Å². The zero-order valence-corrected chi connectivity index (χ0v) is 9.85. The highest BCUT2D eigenvalue weighted by molar-refractivity contribution is 5.96. The van der Waals surface area contributed by atoms with Crippen molar-refractivity contribution in [3.05, 3.63) is 34.9 Å². The van der Waals surface area contributed by atoms with Gasteiger partial charge in [-0.25, -0.2) is 4.79 Å². The molecule has 2 rings (SSSR count). The minimum absolute atomic E-state index is 0.440. The number of carboxylic acids is 1. The molecule has 3 N–H and O–H groups in total. The maximum absolute atomic E-state index is 11.8. The molecule has 18 heavy (non-hydrogen) atoms. The van der Waals surface area contributed by atoms with Crippen LogP contribution in [0, 0.1) is 0 Å². The fourth-order valence-electron chi connectivity index (χ4n) is 2.14. The predicted molar refractivity (Wildman–Crippen MR) is 64.4 cm³/mol. The lowest BCUT2D eigenvalue weighted by molar-refractivity contribution is -0.140. The molecule has 1 atom stereocenters. The molecule has 1 aromatic rings. The van der Waals surface area contributed by atoms with E-state index in [0.29, 0.717) is 5.56 Å². The van der Waals surface area contributed by atoms with Gasteiger partial charge in [-0.1, -0.05) is 6.07 Å². The average molecular weight is 249 g/mol. The van der Waals surface area contributed by atoms with E-state index >= 15 is 0 Å². The zero-order valence-electron chi connectivity index (χ0n) is 9.85. The number of aliphatic carboxylic acids is 1. The lowest BCUT2D eigenvalue weighted by Gasteiger charge is -2.12. The summed E-state index contributed by atoms with van der Waals surface area (Å²) in [7, 11) is 0. The van der Waals surface area contributed by atoms with Gasteiger partial charge in [-0.05, 0) is 42.5 Å². The number of rotatable bonds is 4. The third-order valence-electron chi connectivity index (χ3n) is 3.15. The fourth-order valence-corrected chi connectivity index (χ4v) is 2.14. The van der Waals surface area contributed by atoms with E-state index in [-0.39, 0.29) is 0 Å². The topological polar surface area (TPSA) is 86.6 Å². The van der Waals surface area contributed by atoms with Crippen LogP contribution < -0.4 is 5.32 Å². The van der Waals surface area contributed by atoms with Gasteiger partial charge in [-0.15, -0.1) is 0 Å². The maximum atomic E-state index is 11.8. The Morgan fingerprint density at radius 3 is 2.67 bits per heavy atom. The molecule has 96 valence electrons. The summed E-state index contributed by atoms with van der Waals surface area (Å²) in [5.74, 6) is -1.71. The van der Waals surface area contributed by atoms with Crippen molar-refractivity contribution in [1.82, 2.24) is 5.32 Å². The number of aliphatic hydroxyl groups excluding tert-OH is 1. The van der Waals surface area contributed by atoms with Gasteiger partial charge in [-0.2, -0.15) is 0 Å². The highest BCUT2D eigenvalue weighted by atomic mass is 16.4. The first-order valence-corrected chi connectivity index (χ1v) is 5.88. The van der Waals surface area contributed by atoms with Crippen molar-refractivity contribution in [2.24, 2.45) is 0 Å². The number of hydrogen-bond acceptors (Lipinski definition) is 3. The number of carbonyl (C=O) groups excluding carboxylic acids is 1. The number of aliphatic hydroxyl groups is 1. The molecule has 1 amide bonds. The van der Waals surface area contributed by atoms with Crippen LogP contribution in [0.5, 0.6) is 0 Å². The van der Waals surface area contributed by atoms with E-state index in [2.05, 4.69) is 5.32 Å². The van der Waals surface area contributed by atoms with Crippen molar-refractivity contribution in [3.8, 4) is 0 Å². The molecule has 0 saturated carbocycles. The molecule has 1 aliphatic carbocycles. The molecule has 5 nitrogen and oxygen atoms in total. The number of carbonyl (C=O) groups is 2. The Bertz CT molecular complexity index is 484. The predicted octanol–water partition coefficient (Wildman–Crippen LogP) is 0.351. The van der Waals surface area contributed by atoms with Gasteiger partial charge in [0.2, 0.25) is 0 Å². The lowest BCUT2D eigenvalue weighted by atomic mass is 10.1. The van der Waals surface area contributed by atoms with E-state index in [1.54, 1.807) is 12.1 Å². The van der Waals surface area contributed by atoms with E-state index in [0.717, 1.165) is 24.8 Å². The van der Waals surface area contributed by atoms with Gasteiger partial charge >= 0.3 is 5.97 Å². The monoisotopic (exact) mass is 249 g/mol. The van der Waals surface area contributed by atoms with Gasteiger partial charge in [0, 0.05) is 5.56 Å². The lowest BCUT2D eigenvalue weighted by Crippen LogP contribution is -2.43. The second kappa shape index (κ2) is 5.18. The normalized spacial score (nSPS) is 14.9. The van der Waals surface area contributed by atoms with Crippen molar-refractivity contribution in [2.75, 3.05) is 6.61 Å². The summed E-state index contributed by atoms with van der Waals surface area (Å²) in [6.07, 6.45) is 3.08. The minimum atomic E-state index is -1.26. The summed E-state index contributed by atoms with van der Waals surface area (Å²) in [5.41, 5.74) is 2.84. The summed E-state index contributed by atoms with van der Waals surface area (Å²) in [6, 6.07) is 4.14. The van der Waals surface area contributed by atoms with Crippen molar-refractivity contribution >= 4 is 11.9 Å². The smallest absolute Gasteiger partial charge is 0.328 e. The molecule has 0 bridgehead atoms. The van der Waals surface area contributed by atoms with Crippen LogP contribution in [-0.2, 0) is 17.6 Å². The van der Waals surface area contributed by atoms with Crippen LogP contribution in [0.15, 0.2) is 18.2 Å². The Kier molecular flexibility index (Phi) is 3.62. The molecular weight excluding hydrogens is 234 g/mol. The highest BCUT2D eigenvalue weighted by Gasteiger charge is 2.20. The number of carboxylic acid groups (broad SMARTS) is 1. The Labute approximate surface area is 104 Å². The van der Waals surface area contributed by atoms with Crippen LogP contribution >= 0.6 is 0 Å². The second-order valence-electron chi connectivity index (χ2n) is 4.38. The quantitative estimate of drug-likeness (QED) is 0.718. The van der Waals surface area contributed by atoms with Gasteiger partial charge < -0.3 is 15.5 Å². The summed E-state index contributed by atoms with van der Waals surface area (Å²) >= 11 is 0. The molecule has 0 aromatic heterocycles. The molecule has 1 aliphatic rings. The van der Waals surface area contributed by atoms with Crippen molar-refractivity contribution in [1.29, 1.82) is 0 Å². The third kappa shape index (κ3) is 2.51. The Morgan fingerprint density at radius 2 is 2.00 bits per heavy atom. The minimum Gasteiger partial charge on any atom is -0.480 e. The van der Waals surface area contributed by atoms with Crippen molar-refractivity contribution in [3.63, 3.8) is 0 Å². The summed E-state index contributed by atoms with van der Waals surface area (Å²) in [6.45, 7) is -0.619.